The molecule has 9 heavy (non-hydrogen) atoms. The number of nitrogens with one attached hydrogen (secondary N) is 1. The molecule has 2 heteroatoms. The van der Waals surface area contributed by atoms with Crippen LogP contribution >= 0.6 is 0 Å². The second-order valence-electron chi connectivity index (χ2n) is 1.73. The molecule has 0 fully saturated rings. The number of hydrogen-bond acceptors (Lipinski definition) is 1. The van der Waals surface area contributed by atoms with E-state index in [2.05, 4.69) is 18.3 Å². The maximum Gasteiger partial charge on any atom is 0.0136 e. The predicted octanol–water partition coefficient (Wildman–Crippen LogP) is 1.37. The van der Waals surface area contributed by atoms with Gasteiger partial charge in [-0.3, -0.25) is 0 Å². The van der Waals surface area contributed by atoms with Gasteiger partial charge in [0.2, 0.25) is 0 Å². The van der Waals surface area contributed by atoms with Crippen LogP contribution < -0.4 is 5.32 Å². The normalized spacial score (nSPS) is 10.8. The maximum absolute atomic E-state index is 3.77. The quantitative estimate of drug-likeness (QED) is 0.537. The molecule has 0 rings (SSSR count). The third-order valence-electron chi connectivity index (χ3n) is 1.13. The van der Waals surface area contributed by atoms with E-state index in [-0.39, 0.29) is 32.7 Å². The summed E-state index contributed by atoms with van der Waals surface area (Å²) in [6.45, 7) is 6.78. The van der Waals surface area contributed by atoms with Crippen LogP contribution in [0.5, 0.6) is 0 Å². The minimum Gasteiger partial charge on any atom is -0.339 e. The van der Waals surface area contributed by atoms with Crippen LogP contribution in [0.25, 0.3) is 0 Å². The van der Waals surface area contributed by atoms with Crippen molar-refractivity contribution in [2.24, 2.45) is 0 Å². The van der Waals surface area contributed by atoms with E-state index in [1.165, 1.54) is 5.57 Å². The van der Waals surface area contributed by atoms with Crippen molar-refractivity contribution in [1.29, 1.82) is 0 Å². The van der Waals surface area contributed by atoms with Gasteiger partial charge in [0, 0.05) is 39.3 Å². The molecule has 0 heterocycles. The molecule has 0 aromatic rings. The zero-order valence-electron chi connectivity index (χ0n) is 6.28. The number of allylic oxidation sites excluding steroid dienone is 1. The van der Waals surface area contributed by atoms with Gasteiger partial charge >= 0.3 is 0 Å². The average molecular weight is 201 g/mol. The SMILES string of the molecule is [CH2-]C/C(=C\C)CNC.[Y]. The number of likely N-dealkylation sites (N-methyl/N-ethyl adjacent to an activating group) is 1. The summed E-state index contributed by atoms with van der Waals surface area (Å²) in [6.07, 6.45) is 3.01. The van der Waals surface area contributed by atoms with Gasteiger partial charge in [0.05, 0.1) is 0 Å². The molecule has 1 nitrogen and oxygen atoms in total. The molecule has 0 aliphatic heterocycles. The first-order chi connectivity index (χ1) is 3.85. The van der Waals surface area contributed by atoms with E-state index in [1.54, 1.807) is 0 Å². The van der Waals surface area contributed by atoms with Gasteiger partial charge in [-0.05, 0) is 14.0 Å². The van der Waals surface area contributed by atoms with E-state index in [0.29, 0.717) is 0 Å². The second kappa shape index (κ2) is 8.80. The van der Waals surface area contributed by atoms with Crippen LogP contribution in [0.4, 0.5) is 0 Å². The molecule has 51 valence electrons. The molecular weight excluding hydrogens is 187 g/mol. The van der Waals surface area contributed by atoms with E-state index in [1.807, 2.05) is 14.0 Å². The molecule has 0 aromatic heterocycles. The summed E-state index contributed by atoms with van der Waals surface area (Å²) in [5.41, 5.74) is 1.37. The first-order valence-corrected chi connectivity index (χ1v) is 2.93. The van der Waals surface area contributed by atoms with Gasteiger partial charge in [-0.2, -0.15) is 6.42 Å². The second-order valence-corrected chi connectivity index (χ2v) is 1.73. The van der Waals surface area contributed by atoms with Crippen molar-refractivity contribution in [3.63, 3.8) is 0 Å². The van der Waals surface area contributed by atoms with Crippen molar-refractivity contribution in [2.75, 3.05) is 13.6 Å². The van der Waals surface area contributed by atoms with Crippen LogP contribution in [0.15, 0.2) is 11.6 Å². The van der Waals surface area contributed by atoms with Crippen LogP contribution in [0, 0.1) is 6.92 Å². The summed E-state index contributed by atoms with van der Waals surface area (Å²) in [5.74, 6) is 0. The molecule has 1 radical (unpaired) electrons. The Morgan fingerprint density at radius 2 is 2.22 bits per heavy atom. The fourth-order valence-corrected chi connectivity index (χ4v) is 0.562. The summed E-state index contributed by atoms with van der Waals surface area (Å²) in [7, 11) is 1.94. The van der Waals surface area contributed by atoms with Gasteiger partial charge in [0.1, 0.15) is 0 Å². The van der Waals surface area contributed by atoms with Crippen LogP contribution in [0.2, 0.25) is 0 Å². The minimum atomic E-state index is 0. The van der Waals surface area contributed by atoms with Crippen LogP contribution in [-0.4, -0.2) is 13.6 Å². The van der Waals surface area contributed by atoms with E-state index in [0.717, 1.165) is 13.0 Å². The third-order valence-corrected chi connectivity index (χ3v) is 1.13. The Morgan fingerprint density at radius 1 is 1.67 bits per heavy atom. The Kier molecular flexibility index (Phi) is 12.2. The van der Waals surface area contributed by atoms with Crippen LogP contribution in [0.1, 0.15) is 13.3 Å². The summed E-state index contributed by atoms with van der Waals surface area (Å²) in [5, 5.41) is 3.06. The third kappa shape index (κ3) is 6.69. The zero-order chi connectivity index (χ0) is 6.41. The molecule has 0 saturated heterocycles. The fourth-order valence-electron chi connectivity index (χ4n) is 0.562. The summed E-state index contributed by atoms with van der Waals surface area (Å²) in [4.78, 5) is 0. The molecule has 0 bridgehead atoms. The van der Waals surface area contributed by atoms with E-state index in [4.69, 9.17) is 0 Å². The van der Waals surface area contributed by atoms with Crippen LogP contribution in [0.3, 0.4) is 0 Å². The minimum absolute atomic E-state index is 0. The van der Waals surface area contributed by atoms with Crippen molar-refractivity contribution in [1.82, 2.24) is 5.32 Å². The standard InChI is InChI=1S/C7H14N.Y/c1-4-7(5-2)6-8-3;/h5,8H,1,4,6H2,2-3H3;/q-1;/b7-5+;. The molecule has 0 aliphatic rings. The molecule has 1 N–H and O–H groups in total. The van der Waals surface area contributed by atoms with Gasteiger partial charge in [-0.1, -0.05) is 11.6 Å². The summed E-state index contributed by atoms with van der Waals surface area (Å²) < 4.78 is 0. The largest absolute Gasteiger partial charge is 0.339 e. The summed E-state index contributed by atoms with van der Waals surface area (Å²) >= 11 is 0. The Bertz CT molecular complexity index is 79.0. The van der Waals surface area contributed by atoms with Crippen molar-refractivity contribution in [3.05, 3.63) is 18.6 Å². The van der Waals surface area contributed by atoms with E-state index < -0.39 is 0 Å². The Labute approximate surface area is 83.2 Å². The van der Waals surface area contributed by atoms with Crippen molar-refractivity contribution < 1.29 is 32.7 Å². The molecule has 0 spiro atoms. The predicted molar refractivity (Wildman–Crippen MR) is 37.7 cm³/mol. The van der Waals surface area contributed by atoms with Crippen LogP contribution in [-0.2, 0) is 32.7 Å². The first kappa shape index (κ1) is 12.5. The van der Waals surface area contributed by atoms with Gasteiger partial charge in [0.15, 0.2) is 0 Å². The van der Waals surface area contributed by atoms with Crippen molar-refractivity contribution in [3.8, 4) is 0 Å². The summed E-state index contributed by atoms with van der Waals surface area (Å²) in [6, 6.07) is 0. The van der Waals surface area contributed by atoms with E-state index >= 15 is 0 Å². The van der Waals surface area contributed by atoms with Crippen molar-refractivity contribution in [2.45, 2.75) is 13.3 Å². The molecule has 0 amide bonds. The van der Waals surface area contributed by atoms with E-state index in [9.17, 15) is 0 Å². The fraction of sp³-hybridized carbons (Fsp3) is 0.571. The first-order valence-electron chi connectivity index (χ1n) is 2.93. The average Bonchev–Trinajstić information content (AvgIpc) is 1.83. The van der Waals surface area contributed by atoms with Gasteiger partial charge in [-0.15, -0.1) is 0 Å². The van der Waals surface area contributed by atoms with Gasteiger partial charge < -0.3 is 12.2 Å². The van der Waals surface area contributed by atoms with Gasteiger partial charge in [0.25, 0.3) is 0 Å². The molecule has 0 atom stereocenters. The Hall–Kier alpha value is 0.804. The number of rotatable bonds is 3. The van der Waals surface area contributed by atoms with Crippen molar-refractivity contribution >= 4 is 0 Å². The Balaban J connectivity index is 0. The smallest absolute Gasteiger partial charge is 0.0136 e. The monoisotopic (exact) mass is 201 g/mol. The maximum atomic E-state index is 3.77. The Morgan fingerprint density at radius 3 is 2.33 bits per heavy atom. The molecule has 0 unspecified atom stereocenters. The number of hydrogen-bond donors (Lipinski definition) is 1. The molecule has 0 aliphatic carbocycles. The molecule has 0 aromatic carbocycles. The topological polar surface area (TPSA) is 12.0 Å². The van der Waals surface area contributed by atoms with Gasteiger partial charge in [-0.25, -0.2) is 0 Å². The molecular formula is C7H14NY-. The molecule has 0 saturated carbocycles. The zero-order valence-corrected chi connectivity index (χ0v) is 9.11.